The van der Waals surface area contributed by atoms with Gasteiger partial charge in [-0.25, -0.2) is 4.79 Å². The molecule has 8 nitrogen and oxygen atoms in total. The Morgan fingerprint density at radius 1 is 0.895 bits per heavy atom. The van der Waals surface area contributed by atoms with Gasteiger partial charge in [-0.3, -0.25) is 18.7 Å². The van der Waals surface area contributed by atoms with Crippen molar-refractivity contribution in [2.75, 3.05) is 14.2 Å². The summed E-state index contributed by atoms with van der Waals surface area (Å²) in [4.78, 5) is 39.8. The van der Waals surface area contributed by atoms with Crippen molar-refractivity contribution in [3.8, 4) is 11.5 Å². The molecule has 0 aliphatic carbocycles. The molecule has 0 radical (unpaired) electrons. The van der Waals surface area contributed by atoms with E-state index in [9.17, 15) is 14.4 Å². The minimum atomic E-state index is -0.435. The van der Waals surface area contributed by atoms with Gasteiger partial charge in [-0.15, -0.1) is 0 Å². The lowest BCUT2D eigenvalue weighted by Crippen LogP contribution is -2.40. The van der Waals surface area contributed by atoms with Gasteiger partial charge in [0.1, 0.15) is 0 Å². The summed E-state index contributed by atoms with van der Waals surface area (Å²) in [6, 6.07) is 18.2. The lowest BCUT2D eigenvalue weighted by Gasteiger charge is -2.17. The molecule has 1 N–H and O–H groups in total. The van der Waals surface area contributed by atoms with Crippen LogP contribution in [0, 0.1) is 6.92 Å². The fourth-order valence-corrected chi connectivity index (χ4v) is 4.38. The minimum absolute atomic E-state index is 0.0586. The van der Waals surface area contributed by atoms with Crippen LogP contribution >= 0.6 is 0 Å². The Morgan fingerprint density at radius 2 is 1.55 bits per heavy atom. The topological polar surface area (TPSA) is 91.6 Å². The Hall–Kier alpha value is -4.33. The molecule has 0 spiro atoms. The summed E-state index contributed by atoms with van der Waals surface area (Å²) in [6.45, 7) is 6.29. The maximum atomic E-state index is 13.8. The van der Waals surface area contributed by atoms with E-state index in [1.165, 1.54) is 18.8 Å². The average Bonchev–Trinajstić information content (AvgIpc) is 2.92. The second kappa shape index (κ2) is 11.4. The summed E-state index contributed by atoms with van der Waals surface area (Å²) in [5.74, 6) is 0.678. The van der Waals surface area contributed by atoms with Crippen LogP contribution in [0.15, 0.2) is 70.3 Å². The first-order valence-electron chi connectivity index (χ1n) is 12.6. The SMILES string of the molecule is CC[C@@H](C)NC(=O)c1ccc(Cn2c(=O)c3cc(OC)c(OC)cc3n(Cc3cccc(C)c3)c2=O)cc1. The van der Waals surface area contributed by atoms with E-state index in [-0.39, 0.29) is 25.0 Å². The predicted octanol–water partition coefficient (Wildman–Crippen LogP) is 4.11. The molecule has 198 valence electrons. The van der Waals surface area contributed by atoms with Crippen molar-refractivity contribution in [1.82, 2.24) is 14.5 Å². The highest BCUT2D eigenvalue weighted by molar-refractivity contribution is 5.94. The van der Waals surface area contributed by atoms with E-state index in [1.807, 2.05) is 45.0 Å². The van der Waals surface area contributed by atoms with Gasteiger partial charge >= 0.3 is 5.69 Å². The van der Waals surface area contributed by atoms with E-state index in [1.54, 1.807) is 41.0 Å². The van der Waals surface area contributed by atoms with Crippen molar-refractivity contribution >= 4 is 16.8 Å². The summed E-state index contributed by atoms with van der Waals surface area (Å²) < 4.78 is 13.7. The van der Waals surface area contributed by atoms with Crippen molar-refractivity contribution in [1.29, 1.82) is 0 Å². The number of ether oxygens (including phenoxy) is 2. The van der Waals surface area contributed by atoms with Crippen molar-refractivity contribution in [3.05, 3.63) is 104 Å². The number of rotatable bonds is 9. The van der Waals surface area contributed by atoms with Crippen molar-refractivity contribution < 1.29 is 14.3 Å². The molecule has 3 aromatic carbocycles. The summed E-state index contributed by atoms with van der Waals surface area (Å²) in [7, 11) is 3.02. The van der Waals surface area contributed by atoms with E-state index < -0.39 is 11.2 Å². The highest BCUT2D eigenvalue weighted by atomic mass is 16.5. The zero-order chi connectivity index (χ0) is 27.4. The normalized spacial score (nSPS) is 11.8. The van der Waals surface area contributed by atoms with Gasteiger partial charge < -0.3 is 14.8 Å². The number of carbonyl (C=O) groups excluding carboxylic acids is 1. The number of aryl methyl sites for hydroxylation is 1. The Balaban J connectivity index is 1.81. The van der Waals surface area contributed by atoms with Crippen LogP contribution in [0.2, 0.25) is 0 Å². The molecule has 0 bridgehead atoms. The van der Waals surface area contributed by atoms with Crippen LogP contribution in [-0.2, 0) is 13.1 Å². The van der Waals surface area contributed by atoms with Gasteiger partial charge in [0, 0.05) is 17.7 Å². The number of methoxy groups -OCH3 is 2. The number of fused-ring (bicyclic) bond motifs is 1. The van der Waals surface area contributed by atoms with E-state index in [4.69, 9.17) is 9.47 Å². The molecule has 8 heteroatoms. The van der Waals surface area contributed by atoms with Gasteiger partial charge in [0.05, 0.1) is 38.2 Å². The first kappa shape index (κ1) is 26.7. The quantitative estimate of drug-likeness (QED) is 0.362. The maximum Gasteiger partial charge on any atom is 0.332 e. The van der Waals surface area contributed by atoms with Gasteiger partial charge in [0.2, 0.25) is 0 Å². The minimum Gasteiger partial charge on any atom is -0.493 e. The van der Waals surface area contributed by atoms with Crippen molar-refractivity contribution in [2.24, 2.45) is 0 Å². The highest BCUT2D eigenvalue weighted by Gasteiger charge is 2.18. The fraction of sp³-hybridized carbons (Fsp3) is 0.300. The Morgan fingerprint density at radius 3 is 2.18 bits per heavy atom. The summed E-state index contributed by atoms with van der Waals surface area (Å²) in [5.41, 5.74) is 2.86. The molecule has 4 aromatic rings. The lowest BCUT2D eigenvalue weighted by atomic mass is 10.1. The third-order valence-corrected chi connectivity index (χ3v) is 6.70. The summed E-state index contributed by atoms with van der Waals surface area (Å²) in [5, 5.41) is 3.29. The van der Waals surface area contributed by atoms with Crippen LogP contribution in [0.1, 0.15) is 47.3 Å². The standard InChI is InChI=1S/C30H33N3O5/c1-6-20(3)31-28(34)23-12-10-21(11-13-23)17-33-29(35)24-15-26(37-4)27(38-5)16-25(24)32(30(33)36)18-22-9-7-8-19(2)14-22/h7-16,20H,6,17-18H2,1-5H3,(H,31,34)/t20-/m1/s1. The van der Waals surface area contributed by atoms with Crippen LogP contribution in [0.3, 0.4) is 0 Å². The first-order valence-corrected chi connectivity index (χ1v) is 12.6. The monoisotopic (exact) mass is 515 g/mol. The van der Waals surface area contributed by atoms with Gasteiger partial charge in [-0.05, 0) is 49.6 Å². The van der Waals surface area contributed by atoms with E-state index in [2.05, 4.69) is 5.32 Å². The van der Waals surface area contributed by atoms with Gasteiger partial charge in [-0.2, -0.15) is 0 Å². The zero-order valence-electron chi connectivity index (χ0n) is 22.4. The average molecular weight is 516 g/mol. The Bertz CT molecular complexity index is 1590. The maximum absolute atomic E-state index is 13.8. The molecule has 1 aromatic heterocycles. The number of nitrogens with one attached hydrogen (secondary N) is 1. The number of hydrogen-bond donors (Lipinski definition) is 1. The van der Waals surface area contributed by atoms with Gasteiger partial charge in [0.15, 0.2) is 11.5 Å². The largest absolute Gasteiger partial charge is 0.493 e. The van der Waals surface area contributed by atoms with Gasteiger partial charge in [-0.1, -0.05) is 48.9 Å². The molecule has 38 heavy (non-hydrogen) atoms. The van der Waals surface area contributed by atoms with Crippen LogP contribution in [0.4, 0.5) is 0 Å². The number of benzene rings is 3. The molecule has 0 fully saturated rings. The second-order valence-corrected chi connectivity index (χ2v) is 9.45. The molecule has 0 saturated carbocycles. The zero-order valence-corrected chi connectivity index (χ0v) is 22.4. The lowest BCUT2D eigenvalue weighted by molar-refractivity contribution is 0.0939. The van der Waals surface area contributed by atoms with Crippen LogP contribution < -0.4 is 26.0 Å². The molecule has 0 aliphatic rings. The third kappa shape index (κ3) is 5.49. The van der Waals surface area contributed by atoms with Gasteiger partial charge in [0.25, 0.3) is 11.5 Å². The molecular formula is C30H33N3O5. The number of hydrogen-bond acceptors (Lipinski definition) is 5. The van der Waals surface area contributed by atoms with Crippen LogP contribution in [0.5, 0.6) is 11.5 Å². The third-order valence-electron chi connectivity index (χ3n) is 6.70. The number of amides is 1. The molecule has 0 unspecified atom stereocenters. The summed E-state index contributed by atoms with van der Waals surface area (Å²) >= 11 is 0. The predicted molar refractivity (Wildman–Crippen MR) is 149 cm³/mol. The molecule has 1 amide bonds. The van der Waals surface area contributed by atoms with E-state index in [0.717, 1.165) is 23.1 Å². The number of aromatic nitrogens is 2. The second-order valence-electron chi connectivity index (χ2n) is 9.45. The Kier molecular flexibility index (Phi) is 8.00. The molecule has 1 heterocycles. The molecular weight excluding hydrogens is 482 g/mol. The molecule has 0 aliphatic heterocycles. The van der Waals surface area contributed by atoms with Crippen LogP contribution in [0.25, 0.3) is 10.9 Å². The number of nitrogens with zero attached hydrogens (tertiary/aromatic N) is 2. The van der Waals surface area contributed by atoms with Crippen molar-refractivity contribution in [2.45, 2.75) is 46.3 Å². The van der Waals surface area contributed by atoms with Crippen LogP contribution in [-0.4, -0.2) is 35.3 Å². The van der Waals surface area contributed by atoms with E-state index >= 15 is 0 Å². The Labute approximate surface area is 221 Å². The molecule has 0 saturated heterocycles. The number of carbonyl (C=O) groups is 1. The van der Waals surface area contributed by atoms with E-state index in [0.29, 0.717) is 28.0 Å². The smallest absolute Gasteiger partial charge is 0.332 e. The van der Waals surface area contributed by atoms with Crippen molar-refractivity contribution in [3.63, 3.8) is 0 Å². The molecule has 1 atom stereocenters. The fourth-order valence-electron chi connectivity index (χ4n) is 4.38. The molecule has 4 rings (SSSR count). The first-order chi connectivity index (χ1) is 18.2. The highest BCUT2D eigenvalue weighted by Crippen LogP contribution is 2.30. The summed E-state index contributed by atoms with van der Waals surface area (Å²) in [6.07, 6.45) is 0.834.